The van der Waals surface area contributed by atoms with Crippen molar-refractivity contribution in [1.29, 1.82) is 0 Å². The predicted molar refractivity (Wildman–Crippen MR) is 87.4 cm³/mol. The molecular weight excluding hydrogens is 392 g/mol. The lowest BCUT2D eigenvalue weighted by Crippen LogP contribution is -2.37. The molecule has 0 spiro atoms. The third-order valence-electron chi connectivity index (χ3n) is 4.60. The highest BCUT2D eigenvalue weighted by Crippen LogP contribution is 2.42. The molecule has 150 valence electrons. The number of carbonyl (C=O) groups is 1. The largest absolute Gasteiger partial charge is 0.534 e. The molecule has 1 atom stereocenters. The van der Waals surface area contributed by atoms with E-state index in [1.54, 1.807) is 6.07 Å². The van der Waals surface area contributed by atoms with Crippen LogP contribution in [0.5, 0.6) is 0 Å². The van der Waals surface area contributed by atoms with Gasteiger partial charge in [-0.2, -0.15) is 21.6 Å². The van der Waals surface area contributed by atoms with E-state index in [0.29, 0.717) is 5.56 Å². The number of rotatable bonds is 4. The number of ether oxygens (including phenoxy) is 1. The van der Waals surface area contributed by atoms with E-state index >= 15 is 0 Å². The quantitative estimate of drug-likeness (QED) is 0.326. The van der Waals surface area contributed by atoms with E-state index in [-0.39, 0.29) is 31.2 Å². The summed E-state index contributed by atoms with van der Waals surface area (Å²) in [6, 6.07) is 4.20. The van der Waals surface area contributed by atoms with Gasteiger partial charge in [-0.05, 0) is 49.5 Å². The summed E-state index contributed by atoms with van der Waals surface area (Å²) >= 11 is 0. The van der Waals surface area contributed by atoms with Crippen LogP contribution in [0.25, 0.3) is 0 Å². The maximum atomic E-state index is 14.0. The molecule has 0 saturated heterocycles. The zero-order valence-electron chi connectivity index (χ0n) is 14.6. The van der Waals surface area contributed by atoms with E-state index in [1.807, 2.05) is 0 Å². The molecule has 0 saturated carbocycles. The monoisotopic (exact) mass is 410 g/mol. The Morgan fingerprint density at radius 3 is 2.48 bits per heavy atom. The van der Waals surface area contributed by atoms with Gasteiger partial charge >= 0.3 is 21.6 Å². The van der Waals surface area contributed by atoms with Crippen molar-refractivity contribution in [2.75, 3.05) is 7.11 Å². The predicted octanol–water partition coefficient (Wildman–Crippen LogP) is 3.87. The number of methoxy groups -OCH3 is 1. The summed E-state index contributed by atoms with van der Waals surface area (Å²) in [5, 5.41) is 0. The average Bonchev–Trinajstić information content (AvgIpc) is 2.78. The van der Waals surface area contributed by atoms with Gasteiger partial charge in [0, 0.05) is 6.42 Å². The summed E-state index contributed by atoms with van der Waals surface area (Å²) in [6.07, 6.45) is 0.989. The maximum absolute atomic E-state index is 14.0. The Labute approximate surface area is 154 Å². The van der Waals surface area contributed by atoms with Gasteiger partial charge in [0.15, 0.2) is 0 Å². The molecule has 1 aliphatic carbocycles. The van der Waals surface area contributed by atoms with Crippen LogP contribution in [0, 0.1) is 12.7 Å². The number of allylic oxidation sites excluding steroid dienone is 2. The SMILES string of the molecule is COC(=O)C1(c2cccc(F)c2C)CCC=C(OS(=O)(=O)C(F)(F)F)CC1. The van der Waals surface area contributed by atoms with Crippen molar-refractivity contribution in [3.63, 3.8) is 0 Å². The van der Waals surface area contributed by atoms with Crippen LogP contribution in [-0.4, -0.2) is 27.0 Å². The van der Waals surface area contributed by atoms with E-state index in [2.05, 4.69) is 4.18 Å². The van der Waals surface area contributed by atoms with Crippen molar-refractivity contribution in [3.05, 3.63) is 47.0 Å². The van der Waals surface area contributed by atoms with E-state index in [4.69, 9.17) is 4.74 Å². The van der Waals surface area contributed by atoms with Gasteiger partial charge in [-0.3, -0.25) is 4.79 Å². The molecule has 0 heterocycles. The highest BCUT2D eigenvalue weighted by atomic mass is 32.2. The zero-order chi connectivity index (χ0) is 20.5. The van der Waals surface area contributed by atoms with Gasteiger partial charge in [0.05, 0.1) is 12.5 Å². The molecule has 2 rings (SSSR count). The first kappa shape index (κ1) is 21.2. The van der Waals surface area contributed by atoms with E-state index in [1.165, 1.54) is 25.1 Å². The summed E-state index contributed by atoms with van der Waals surface area (Å²) in [7, 11) is -4.65. The number of carbonyl (C=O) groups excluding carboxylic acids is 1. The Kier molecular flexibility index (Phi) is 5.88. The van der Waals surface area contributed by atoms with E-state index < -0.39 is 38.6 Å². The molecule has 27 heavy (non-hydrogen) atoms. The summed E-state index contributed by atoms with van der Waals surface area (Å²) in [5.74, 6) is -1.62. The van der Waals surface area contributed by atoms with Gasteiger partial charge in [0.25, 0.3) is 0 Å². The second-order valence-electron chi connectivity index (χ2n) is 6.18. The van der Waals surface area contributed by atoms with Crippen LogP contribution < -0.4 is 0 Å². The first-order chi connectivity index (χ1) is 12.4. The van der Waals surface area contributed by atoms with E-state index in [9.17, 15) is 30.8 Å². The fourth-order valence-electron chi connectivity index (χ4n) is 3.21. The summed E-state index contributed by atoms with van der Waals surface area (Å²) in [5.41, 5.74) is -6.32. The molecule has 0 aliphatic heterocycles. The topological polar surface area (TPSA) is 69.7 Å². The van der Waals surface area contributed by atoms with Crippen LogP contribution in [0.1, 0.15) is 36.8 Å². The second-order valence-corrected chi connectivity index (χ2v) is 7.72. The number of alkyl halides is 3. The van der Waals surface area contributed by atoms with Gasteiger partial charge in [-0.25, -0.2) is 4.39 Å². The Hall–Kier alpha value is -2.10. The van der Waals surface area contributed by atoms with Crippen LogP contribution in [0.2, 0.25) is 0 Å². The Morgan fingerprint density at radius 2 is 1.89 bits per heavy atom. The minimum absolute atomic E-state index is 0.0494. The van der Waals surface area contributed by atoms with Crippen molar-refractivity contribution in [1.82, 2.24) is 0 Å². The van der Waals surface area contributed by atoms with Crippen LogP contribution in [0.3, 0.4) is 0 Å². The average molecular weight is 410 g/mol. The minimum atomic E-state index is -5.80. The third kappa shape index (κ3) is 4.10. The first-order valence-corrected chi connectivity index (χ1v) is 9.39. The van der Waals surface area contributed by atoms with Crippen molar-refractivity contribution in [3.8, 4) is 0 Å². The molecule has 1 aliphatic rings. The number of esters is 1. The Bertz CT molecular complexity index is 861. The van der Waals surface area contributed by atoms with Crippen LogP contribution in [0.15, 0.2) is 30.0 Å². The van der Waals surface area contributed by atoms with Crippen molar-refractivity contribution < 1.29 is 39.7 Å². The number of hydrogen-bond acceptors (Lipinski definition) is 5. The Morgan fingerprint density at radius 1 is 1.22 bits per heavy atom. The molecular formula is C17H18F4O5S. The molecule has 1 unspecified atom stereocenters. The molecule has 0 fully saturated rings. The summed E-state index contributed by atoms with van der Waals surface area (Å²) in [4.78, 5) is 12.5. The first-order valence-electron chi connectivity index (χ1n) is 7.98. The maximum Gasteiger partial charge on any atom is 0.534 e. The third-order valence-corrected chi connectivity index (χ3v) is 5.60. The van der Waals surface area contributed by atoms with Gasteiger partial charge < -0.3 is 8.92 Å². The van der Waals surface area contributed by atoms with Crippen LogP contribution in [-0.2, 0) is 29.2 Å². The van der Waals surface area contributed by atoms with Crippen LogP contribution in [0.4, 0.5) is 17.6 Å². The van der Waals surface area contributed by atoms with Gasteiger partial charge in [0.1, 0.15) is 11.6 Å². The lowest BCUT2D eigenvalue weighted by Gasteiger charge is -2.31. The summed E-state index contributed by atoms with van der Waals surface area (Å²) < 4.78 is 83.1. The highest BCUT2D eigenvalue weighted by molar-refractivity contribution is 7.87. The second kappa shape index (κ2) is 7.49. The van der Waals surface area contributed by atoms with Gasteiger partial charge in [0.2, 0.25) is 0 Å². The standard InChI is InChI=1S/C17H18F4O5S/c1-11-13(6-3-7-14(11)18)16(15(22)25-2)9-4-5-12(8-10-16)26-27(23,24)17(19,20)21/h3,5-7H,4,8-10H2,1-2H3. The molecule has 0 bridgehead atoms. The lowest BCUT2D eigenvalue weighted by atomic mass is 9.72. The van der Waals surface area contributed by atoms with Crippen molar-refractivity contribution >= 4 is 16.1 Å². The van der Waals surface area contributed by atoms with Crippen LogP contribution >= 0.6 is 0 Å². The van der Waals surface area contributed by atoms with Crippen molar-refractivity contribution in [2.45, 2.75) is 43.5 Å². The molecule has 1 aromatic rings. The zero-order valence-corrected chi connectivity index (χ0v) is 15.4. The fraction of sp³-hybridized carbons (Fsp3) is 0.471. The molecule has 0 amide bonds. The number of halogens is 4. The van der Waals surface area contributed by atoms with Gasteiger partial charge in [-0.1, -0.05) is 12.1 Å². The van der Waals surface area contributed by atoms with Crippen molar-refractivity contribution in [2.24, 2.45) is 0 Å². The van der Waals surface area contributed by atoms with Gasteiger partial charge in [-0.15, -0.1) is 0 Å². The highest BCUT2D eigenvalue weighted by Gasteiger charge is 2.49. The number of hydrogen-bond donors (Lipinski definition) is 0. The summed E-state index contributed by atoms with van der Waals surface area (Å²) in [6.45, 7) is 1.49. The minimum Gasteiger partial charge on any atom is -0.468 e. The molecule has 0 N–H and O–H groups in total. The molecule has 0 aromatic heterocycles. The molecule has 5 nitrogen and oxygen atoms in total. The number of benzene rings is 1. The normalized spacial score (nSPS) is 21.2. The lowest BCUT2D eigenvalue weighted by molar-refractivity contribution is -0.148. The Balaban J connectivity index is 2.38. The molecule has 1 aromatic carbocycles. The molecule has 0 radical (unpaired) electrons. The fourth-order valence-corrected chi connectivity index (χ4v) is 3.74. The van der Waals surface area contributed by atoms with E-state index in [0.717, 1.165) is 7.11 Å². The smallest absolute Gasteiger partial charge is 0.468 e. The molecule has 10 heteroatoms.